The summed E-state index contributed by atoms with van der Waals surface area (Å²) >= 11 is 0. The van der Waals surface area contributed by atoms with Gasteiger partial charge in [-0.3, -0.25) is 0 Å². The third kappa shape index (κ3) is 2.56. The van der Waals surface area contributed by atoms with Crippen molar-refractivity contribution in [3.63, 3.8) is 0 Å². The van der Waals surface area contributed by atoms with E-state index in [2.05, 4.69) is 68.4 Å². The summed E-state index contributed by atoms with van der Waals surface area (Å²) in [6.45, 7) is 4.42. The zero-order valence-corrected chi connectivity index (χ0v) is 12.6. The van der Waals surface area contributed by atoms with Gasteiger partial charge in [0.2, 0.25) is 0 Å². The van der Waals surface area contributed by atoms with Gasteiger partial charge in [-0.2, -0.15) is 0 Å². The van der Waals surface area contributed by atoms with Gasteiger partial charge in [-0.05, 0) is 31.4 Å². The molecule has 0 spiro atoms. The van der Waals surface area contributed by atoms with Crippen LogP contribution in [0.2, 0.25) is 0 Å². The minimum absolute atomic E-state index is 0.158. The number of benzene rings is 2. The van der Waals surface area contributed by atoms with E-state index >= 15 is 0 Å². The molecule has 0 fully saturated rings. The van der Waals surface area contributed by atoms with E-state index in [0.29, 0.717) is 5.92 Å². The van der Waals surface area contributed by atoms with E-state index in [1.165, 1.54) is 22.3 Å². The van der Waals surface area contributed by atoms with Gasteiger partial charge in [-0.25, -0.2) is 0 Å². The fourth-order valence-corrected chi connectivity index (χ4v) is 3.40. The van der Waals surface area contributed by atoms with Crippen molar-refractivity contribution in [2.75, 3.05) is 0 Å². The number of rotatable bonds is 2. The number of nitrogens with one attached hydrogen (secondary N) is 1. The quantitative estimate of drug-likeness (QED) is 0.718. The fourth-order valence-electron chi connectivity index (χ4n) is 3.40. The molecular formula is C20H21N. The molecule has 1 aliphatic rings. The Morgan fingerprint density at radius 3 is 1.86 bits per heavy atom. The number of allylic oxidation sites excluding steroid dienone is 2. The second-order valence-corrected chi connectivity index (χ2v) is 5.90. The van der Waals surface area contributed by atoms with E-state index in [-0.39, 0.29) is 5.92 Å². The van der Waals surface area contributed by atoms with Gasteiger partial charge in [0.15, 0.2) is 0 Å². The summed E-state index contributed by atoms with van der Waals surface area (Å²) in [6, 6.07) is 21.0. The Balaban J connectivity index is 2.02. The molecule has 0 bridgehead atoms. The van der Waals surface area contributed by atoms with Crippen LogP contribution in [0.25, 0.3) is 0 Å². The maximum Gasteiger partial charge on any atom is 0.0426 e. The first-order valence-corrected chi connectivity index (χ1v) is 7.53. The predicted molar refractivity (Wildman–Crippen MR) is 89.1 cm³/mol. The molecule has 1 aliphatic carbocycles. The van der Waals surface area contributed by atoms with Crippen LogP contribution in [-0.4, -0.2) is 5.71 Å². The van der Waals surface area contributed by atoms with Crippen molar-refractivity contribution >= 4 is 5.71 Å². The zero-order chi connectivity index (χ0) is 14.8. The molecule has 2 unspecified atom stereocenters. The highest BCUT2D eigenvalue weighted by Crippen LogP contribution is 2.42. The van der Waals surface area contributed by atoms with Gasteiger partial charge in [0.1, 0.15) is 0 Å². The monoisotopic (exact) mass is 275 g/mol. The highest BCUT2D eigenvalue weighted by atomic mass is 14.5. The maximum absolute atomic E-state index is 8.55. The van der Waals surface area contributed by atoms with Gasteiger partial charge in [0.25, 0.3) is 0 Å². The molecule has 0 saturated carbocycles. The normalized spacial score (nSPS) is 22.5. The highest BCUT2D eigenvalue weighted by molar-refractivity contribution is 5.93. The molecule has 1 heteroatoms. The van der Waals surface area contributed by atoms with Gasteiger partial charge in [0.05, 0.1) is 0 Å². The van der Waals surface area contributed by atoms with E-state index in [9.17, 15) is 0 Å². The van der Waals surface area contributed by atoms with Crippen LogP contribution in [0.3, 0.4) is 0 Å². The SMILES string of the molecule is CC1=C(C)C(c2ccccc2)C(=N)CC1c1ccccc1. The average molecular weight is 275 g/mol. The molecule has 106 valence electrons. The smallest absolute Gasteiger partial charge is 0.0426 e. The molecule has 21 heavy (non-hydrogen) atoms. The average Bonchev–Trinajstić information content (AvgIpc) is 2.53. The van der Waals surface area contributed by atoms with Crippen molar-refractivity contribution in [3.05, 3.63) is 82.9 Å². The van der Waals surface area contributed by atoms with Crippen LogP contribution < -0.4 is 0 Å². The Morgan fingerprint density at radius 2 is 1.29 bits per heavy atom. The predicted octanol–water partition coefficient (Wildman–Crippen LogP) is 5.31. The largest absolute Gasteiger partial charge is 0.309 e. The molecule has 1 nitrogen and oxygen atoms in total. The van der Waals surface area contributed by atoms with Gasteiger partial charge in [-0.1, -0.05) is 71.8 Å². The third-order valence-electron chi connectivity index (χ3n) is 4.69. The molecule has 0 radical (unpaired) electrons. The highest BCUT2D eigenvalue weighted by Gasteiger charge is 2.30. The lowest BCUT2D eigenvalue weighted by Crippen LogP contribution is -2.23. The van der Waals surface area contributed by atoms with Gasteiger partial charge >= 0.3 is 0 Å². The Hall–Kier alpha value is -2.15. The van der Waals surface area contributed by atoms with Crippen LogP contribution in [0.15, 0.2) is 71.8 Å². The van der Waals surface area contributed by atoms with Crippen LogP contribution in [0.4, 0.5) is 0 Å². The molecule has 0 amide bonds. The fraction of sp³-hybridized carbons (Fsp3) is 0.250. The Bertz CT molecular complexity index is 667. The van der Waals surface area contributed by atoms with Crippen molar-refractivity contribution in [3.8, 4) is 0 Å². The van der Waals surface area contributed by atoms with E-state index in [1.54, 1.807) is 0 Å². The van der Waals surface area contributed by atoms with Crippen molar-refractivity contribution in [1.29, 1.82) is 5.41 Å². The lowest BCUT2D eigenvalue weighted by Gasteiger charge is -2.33. The van der Waals surface area contributed by atoms with Gasteiger partial charge in [0, 0.05) is 17.5 Å². The lowest BCUT2D eigenvalue weighted by atomic mass is 9.71. The minimum atomic E-state index is 0.158. The Morgan fingerprint density at radius 1 is 0.762 bits per heavy atom. The molecule has 1 N–H and O–H groups in total. The summed E-state index contributed by atoms with van der Waals surface area (Å²) in [5.41, 5.74) is 6.16. The molecule has 0 heterocycles. The lowest BCUT2D eigenvalue weighted by molar-refractivity contribution is 0.744. The van der Waals surface area contributed by atoms with Gasteiger partial charge < -0.3 is 5.41 Å². The summed E-state index contributed by atoms with van der Waals surface area (Å²) in [6.07, 6.45) is 0.826. The molecule has 3 rings (SSSR count). The first kappa shape index (κ1) is 13.8. The third-order valence-corrected chi connectivity index (χ3v) is 4.69. The molecular weight excluding hydrogens is 254 g/mol. The second kappa shape index (κ2) is 5.69. The van der Waals surface area contributed by atoms with Gasteiger partial charge in [-0.15, -0.1) is 0 Å². The zero-order valence-electron chi connectivity index (χ0n) is 12.6. The van der Waals surface area contributed by atoms with E-state index < -0.39 is 0 Å². The number of hydrogen-bond acceptors (Lipinski definition) is 1. The molecule has 2 aromatic carbocycles. The van der Waals surface area contributed by atoms with Crippen LogP contribution >= 0.6 is 0 Å². The van der Waals surface area contributed by atoms with E-state index in [1.807, 2.05) is 6.07 Å². The van der Waals surface area contributed by atoms with Crippen molar-refractivity contribution in [1.82, 2.24) is 0 Å². The molecule has 0 aliphatic heterocycles. The molecule has 0 saturated heterocycles. The summed E-state index contributed by atoms with van der Waals surface area (Å²) in [5, 5.41) is 8.55. The summed E-state index contributed by atoms with van der Waals surface area (Å²) < 4.78 is 0. The van der Waals surface area contributed by atoms with Crippen LogP contribution in [0.5, 0.6) is 0 Å². The van der Waals surface area contributed by atoms with Crippen molar-refractivity contribution < 1.29 is 0 Å². The number of hydrogen-bond donors (Lipinski definition) is 1. The van der Waals surface area contributed by atoms with Crippen LogP contribution in [0.1, 0.15) is 43.2 Å². The maximum atomic E-state index is 8.55. The summed E-state index contributed by atoms with van der Waals surface area (Å²) in [5.74, 6) is 0.518. The van der Waals surface area contributed by atoms with E-state index in [0.717, 1.165) is 12.1 Å². The molecule has 0 aromatic heterocycles. The Kier molecular flexibility index (Phi) is 3.74. The topological polar surface area (TPSA) is 23.9 Å². The van der Waals surface area contributed by atoms with Crippen molar-refractivity contribution in [2.24, 2.45) is 0 Å². The first-order chi connectivity index (χ1) is 10.2. The minimum Gasteiger partial charge on any atom is -0.309 e. The van der Waals surface area contributed by atoms with Crippen LogP contribution in [0, 0.1) is 5.41 Å². The second-order valence-electron chi connectivity index (χ2n) is 5.90. The molecule has 2 atom stereocenters. The van der Waals surface area contributed by atoms with Crippen LogP contribution in [-0.2, 0) is 0 Å². The summed E-state index contributed by atoms with van der Waals surface area (Å²) in [7, 11) is 0. The molecule has 2 aromatic rings. The van der Waals surface area contributed by atoms with Crippen molar-refractivity contribution in [2.45, 2.75) is 32.1 Å². The first-order valence-electron chi connectivity index (χ1n) is 7.53. The van der Waals surface area contributed by atoms with E-state index in [4.69, 9.17) is 5.41 Å². The summed E-state index contributed by atoms with van der Waals surface area (Å²) in [4.78, 5) is 0. The Labute approximate surface area is 126 Å². The standard InChI is InChI=1S/C20H21N/c1-14-15(2)20(17-11-7-4-8-12-17)19(21)13-18(14)16-9-5-3-6-10-16/h3-12,18,20-21H,13H2,1-2H3.